The Balaban J connectivity index is 1.80. The van der Waals surface area contributed by atoms with Crippen molar-refractivity contribution in [1.82, 2.24) is 0 Å². The highest BCUT2D eigenvalue weighted by Gasteiger charge is 2.34. The lowest BCUT2D eigenvalue weighted by molar-refractivity contribution is -0.117. The van der Waals surface area contributed by atoms with Crippen molar-refractivity contribution < 1.29 is 17.9 Å². The van der Waals surface area contributed by atoms with Crippen molar-refractivity contribution in [2.24, 2.45) is 0 Å². The lowest BCUT2D eigenvalue weighted by Crippen LogP contribution is -2.42. The van der Waals surface area contributed by atoms with Crippen molar-refractivity contribution >= 4 is 27.3 Å². The lowest BCUT2D eigenvalue weighted by atomic mass is 10.2. The lowest BCUT2D eigenvalue weighted by Gasteiger charge is -2.34. The molecule has 2 aromatic rings. The Morgan fingerprint density at radius 3 is 2.65 bits per heavy atom. The largest absolute Gasteiger partial charge is 0.487 e. The summed E-state index contributed by atoms with van der Waals surface area (Å²) in [6.45, 7) is 4.01. The molecule has 2 heterocycles. The zero-order chi connectivity index (χ0) is 18.6. The summed E-state index contributed by atoms with van der Waals surface area (Å²) in [4.78, 5) is 13.6. The number of nitrogens with zero attached hydrogens (tertiary/aromatic N) is 2. The van der Waals surface area contributed by atoms with Gasteiger partial charge in [-0.05, 0) is 55.3 Å². The summed E-state index contributed by atoms with van der Waals surface area (Å²) >= 11 is 0. The number of sulfonamides is 1. The van der Waals surface area contributed by atoms with Crippen LogP contribution in [0.2, 0.25) is 0 Å². The second kappa shape index (κ2) is 5.74. The first-order chi connectivity index (χ1) is 12.3. The number of fused-ring (bicyclic) bond motifs is 2. The van der Waals surface area contributed by atoms with E-state index in [-0.39, 0.29) is 29.9 Å². The molecule has 2 aromatic carbocycles. The molecule has 0 spiro atoms. The minimum absolute atomic E-state index is 0.0319. The van der Waals surface area contributed by atoms with Crippen LogP contribution in [0.25, 0.3) is 0 Å². The fourth-order valence-corrected chi connectivity index (χ4v) is 5.06. The van der Waals surface area contributed by atoms with Gasteiger partial charge in [0, 0.05) is 12.7 Å². The summed E-state index contributed by atoms with van der Waals surface area (Å²) in [6.07, 6.45) is -0.0214. The van der Waals surface area contributed by atoms with Gasteiger partial charge < -0.3 is 9.64 Å². The maximum Gasteiger partial charge on any atom is 0.264 e. The highest BCUT2D eigenvalue weighted by molar-refractivity contribution is 7.92. The molecule has 0 aliphatic carbocycles. The SMILES string of the molecule is Cc1ccc2c(c1)N(S(=O)(=O)c1ccc3c(c1)CC(=O)N3C)CC(C)O2. The Bertz CT molecular complexity index is 1020. The number of ether oxygens (including phenoxy) is 1. The van der Waals surface area contributed by atoms with Crippen LogP contribution in [0.4, 0.5) is 11.4 Å². The zero-order valence-electron chi connectivity index (χ0n) is 14.9. The van der Waals surface area contributed by atoms with Crippen molar-refractivity contribution in [2.75, 3.05) is 22.8 Å². The number of benzene rings is 2. The van der Waals surface area contributed by atoms with E-state index in [0.717, 1.165) is 16.8 Å². The van der Waals surface area contributed by atoms with Crippen LogP contribution < -0.4 is 13.9 Å². The Labute approximate surface area is 153 Å². The average molecular weight is 372 g/mol. The predicted molar refractivity (Wildman–Crippen MR) is 99.4 cm³/mol. The topological polar surface area (TPSA) is 66.9 Å². The summed E-state index contributed by atoms with van der Waals surface area (Å²) in [7, 11) is -2.06. The van der Waals surface area contributed by atoms with E-state index < -0.39 is 10.0 Å². The first-order valence-corrected chi connectivity index (χ1v) is 9.91. The molecule has 0 N–H and O–H groups in total. The molecule has 136 valence electrons. The van der Waals surface area contributed by atoms with Gasteiger partial charge >= 0.3 is 0 Å². The Kier molecular flexibility index (Phi) is 3.73. The molecule has 0 bridgehead atoms. The fourth-order valence-electron chi connectivity index (χ4n) is 3.47. The van der Waals surface area contributed by atoms with Crippen molar-refractivity contribution in [2.45, 2.75) is 31.3 Å². The molecule has 1 amide bonds. The second-order valence-corrected chi connectivity index (χ2v) is 8.72. The van der Waals surface area contributed by atoms with Gasteiger partial charge in [-0.3, -0.25) is 9.10 Å². The predicted octanol–water partition coefficient (Wildman–Crippen LogP) is 2.49. The zero-order valence-corrected chi connectivity index (χ0v) is 15.7. The van der Waals surface area contributed by atoms with Crippen LogP contribution in [0.1, 0.15) is 18.1 Å². The van der Waals surface area contributed by atoms with E-state index in [9.17, 15) is 13.2 Å². The third kappa shape index (κ3) is 2.54. The minimum Gasteiger partial charge on any atom is -0.487 e. The molecule has 4 rings (SSSR count). The number of carbonyl (C=O) groups excluding carboxylic acids is 1. The summed E-state index contributed by atoms with van der Waals surface area (Å²) in [5.74, 6) is 0.532. The molecule has 0 radical (unpaired) electrons. The van der Waals surface area contributed by atoms with Gasteiger partial charge in [0.25, 0.3) is 10.0 Å². The maximum atomic E-state index is 13.3. The third-order valence-electron chi connectivity index (χ3n) is 4.85. The molecular formula is C19H20N2O4S. The Morgan fingerprint density at radius 2 is 1.88 bits per heavy atom. The molecular weight excluding hydrogens is 352 g/mol. The van der Waals surface area contributed by atoms with Crippen LogP contribution in [0.15, 0.2) is 41.3 Å². The second-order valence-electron chi connectivity index (χ2n) is 6.86. The molecule has 0 saturated carbocycles. The van der Waals surface area contributed by atoms with Crippen LogP contribution in [0.5, 0.6) is 5.75 Å². The third-order valence-corrected chi connectivity index (χ3v) is 6.63. The molecule has 0 aromatic heterocycles. The number of anilines is 2. The van der Waals surface area contributed by atoms with E-state index in [1.165, 1.54) is 4.31 Å². The van der Waals surface area contributed by atoms with Gasteiger partial charge in [0.1, 0.15) is 11.9 Å². The molecule has 0 saturated heterocycles. The van der Waals surface area contributed by atoms with Crippen LogP contribution in [-0.4, -0.2) is 34.0 Å². The van der Waals surface area contributed by atoms with Crippen LogP contribution in [0.3, 0.4) is 0 Å². The average Bonchev–Trinajstić information content (AvgIpc) is 2.88. The van der Waals surface area contributed by atoms with Gasteiger partial charge in [0.2, 0.25) is 5.91 Å². The first kappa shape index (κ1) is 16.9. The van der Waals surface area contributed by atoms with Crippen molar-refractivity contribution in [1.29, 1.82) is 0 Å². The molecule has 0 fully saturated rings. The van der Waals surface area contributed by atoms with Gasteiger partial charge in [0.05, 0.1) is 23.5 Å². The maximum absolute atomic E-state index is 13.3. The standard InChI is InChI=1S/C19H20N2O4S/c1-12-4-7-18-17(8-12)21(11-13(2)25-18)26(23,24)15-5-6-16-14(9-15)10-19(22)20(16)3/h4-9,13H,10-11H2,1-3H3. The van der Waals surface area contributed by atoms with E-state index >= 15 is 0 Å². The number of rotatable bonds is 2. The smallest absolute Gasteiger partial charge is 0.264 e. The number of likely N-dealkylation sites (N-methyl/N-ethyl adjacent to an activating group) is 1. The van der Waals surface area contributed by atoms with Crippen LogP contribution in [0, 0.1) is 6.92 Å². The Morgan fingerprint density at radius 1 is 1.12 bits per heavy atom. The molecule has 1 unspecified atom stereocenters. The van der Waals surface area contributed by atoms with E-state index in [4.69, 9.17) is 4.74 Å². The van der Waals surface area contributed by atoms with E-state index in [2.05, 4.69) is 0 Å². The van der Waals surface area contributed by atoms with Crippen LogP contribution in [-0.2, 0) is 21.2 Å². The Hall–Kier alpha value is -2.54. The van der Waals surface area contributed by atoms with Gasteiger partial charge in [-0.2, -0.15) is 0 Å². The minimum atomic E-state index is -3.76. The molecule has 2 aliphatic heterocycles. The van der Waals surface area contributed by atoms with Crippen molar-refractivity contribution in [3.05, 3.63) is 47.5 Å². The highest BCUT2D eigenvalue weighted by Crippen LogP contribution is 2.38. The monoisotopic (exact) mass is 372 g/mol. The summed E-state index contributed by atoms with van der Waals surface area (Å²) in [5.41, 5.74) is 3.02. The summed E-state index contributed by atoms with van der Waals surface area (Å²) in [5, 5.41) is 0. The molecule has 26 heavy (non-hydrogen) atoms. The normalized spacial score (nSPS) is 19.2. The van der Waals surface area contributed by atoms with Gasteiger partial charge in [-0.15, -0.1) is 0 Å². The van der Waals surface area contributed by atoms with E-state index in [0.29, 0.717) is 11.4 Å². The summed E-state index contributed by atoms with van der Waals surface area (Å²) in [6, 6.07) is 10.4. The van der Waals surface area contributed by atoms with E-state index in [1.54, 1.807) is 36.2 Å². The van der Waals surface area contributed by atoms with E-state index in [1.807, 2.05) is 26.0 Å². The molecule has 1 atom stereocenters. The number of hydrogen-bond donors (Lipinski definition) is 0. The van der Waals surface area contributed by atoms with Crippen molar-refractivity contribution in [3.8, 4) is 5.75 Å². The first-order valence-electron chi connectivity index (χ1n) is 8.47. The molecule has 6 nitrogen and oxygen atoms in total. The van der Waals surface area contributed by atoms with Gasteiger partial charge in [0.15, 0.2) is 0 Å². The number of amides is 1. The number of hydrogen-bond acceptors (Lipinski definition) is 4. The number of carbonyl (C=O) groups is 1. The fraction of sp³-hybridized carbons (Fsp3) is 0.316. The quantitative estimate of drug-likeness (QED) is 0.812. The van der Waals surface area contributed by atoms with Crippen LogP contribution >= 0.6 is 0 Å². The van der Waals surface area contributed by atoms with Gasteiger partial charge in [-0.1, -0.05) is 6.07 Å². The van der Waals surface area contributed by atoms with Gasteiger partial charge in [-0.25, -0.2) is 8.42 Å². The van der Waals surface area contributed by atoms with Crippen molar-refractivity contribution in [3.63, 3.8) is 0 Å². The number of aryl methyl sites for hydroxylation is 1. The molecule has 7 heteroatoms. The highest BCUT2D eigenvalue weighted by atomic mass is 32.2. The summed E-state index contributed by atoms with van der Waals surface area (Å²) < 4.78 is 33.9. The molecule has 2 aliphatic rings.